The van der Waals surface area contributed by atoms with Crippen LogP contribution in [0.2, 0.25) is 0 Å². The number of rotatable bonds is 2. The number of hydrogen-bond acceptors (Lipinski definition) is 4. The molecule has 0 spiro atoms. The highest BCUT2D eigenvalue weighted by molar-refractivity contribution is 5.95. The highest BCUT2D eigenvalue weighted by atomic mass is 16.2. The van der Waals surface area contributed by atoms with Gasteiger partial charge < -0.3 is 9.80 Å². The molecule has 0 saturated carbocycles. The highest BCUT2D eigenvalue weighted by Gasteiger charge is 2.21. The van der Waals surface area contributed by atoms with Crippen molar-refractivity contribution in [3.8, 4) is 11.4 Å². The van der Waals surface area contributed by atoms with E-state index in [1.54, 1.807) is 6.20 Å². The van der Waals surface area contributed by atoms with Crippen molar-refractivity contribution in [1.82, 2.24) is 19.8 Å². The Labute approximate surface area is 137 Å². The minimum Gasteiger partial charge on any atom is -0.337 e. The standard InChI is InChI=1S/C18H22N4O/c1-14-16(18(23)22-10-6-9-21(2)11-12-22)13-19-17(20-14)15-7-4-3-5-8-15/h3-5,7-8,13H,6,9-12H2,1-2H3. The summed E-state index contributed by atoms with van der Waals surface area (Å²) in [6.07, 6.45) is 2.67. The number of aromatic nitrogens is 2. The smallest absolute Gasteiger partial charge is 0.257 e. The van der Waals surface area contributed by atoms with Gasteiger partial charge in [0.05, 0.1) is 11.3 Å². The Morgan fingerprint density at radius 2 is 1.87 bits per heavy atom. The second-order valence-corrected chi connectivity index (χ2v) is 6.01. The first-order chi connectivity index (χ1) is 11.1. The number of amides is 1. The Balaban J connectivity index is 1.81. The van der Waals surface area contributed by atoms with Crippen molar-refractivity contribution in [2.24, 2.45) is 0 Å². The van der Waals surface area contributed by atoms with Crippen molar-refractivity contribution >= 4 is 5.91 Å². The van der Waals surface area contributed by atoms with Crippen LogP contribution in [0.3, 0.4) is 0 Å². The van der Waals surface area contributed by atoms with E-state index >= 15 is 0 Å². The molecule has 2 aromatic rings. The van der Waals surface area contributed by atoms with Gasteiger partial charge in [-0.3, -0.25) is 4.79 Å². The Bertz CT molecular complexity index is 687. The summed E-state index contributed by atoms with van der Waals surface area (Å²) in [5.41, 5.74) is 2.31. The molecular formula is C18H22N4O. The third kappa shape index (κ3) is 3.56. The molecule has 1 aromatic heterocycles. The Kier molecular flexibility index (Phi) is 4.67. The van der Waals surface area contributed by atoms with Gasteiger partial charge in [0.25, 0.3) is 5.91 Å². The molecule has 23 heavy (non-hydrogen) atoms. The maximum Gasteiger partial charge on any atom is 0.257 e. The van der Waals surface area contributed by atoms with E-state index in [9.17, 15) is 4.79 Å². The van der Waals surface area contributed by atoms with Crippen molar-refractivity contribution in [1.29, 1.82) is 0 Å². The molecule has 0 unspecified atom stereocenters. The first kappa shape index (κ1) is 15.6. The summed E-state index contributed by atoms with van der Waals surface area (Å²) in [5.74, 6) is 0.702. The minimum atomic E-state index is 0.0393. The van der Waals surface area contributed by atoms with Crippen LogP contribution in [0.5, 0.6) is 0 Å². The van der Waals surface area contributed by atoms with E-state index in [0.717, 1.165) is 43.9 Å². The molecule has 3 rings (SSSR count). The van der Waals surface area contributed by atoms with Crippen LogP contribution in [0.4, 0.5) is 0 Å². The van der Waals surface area contributed by atoms with Crippen LogP contribution in [0.25, 0.3) is 11.4 Å². The fraction of sp³-hybridized carbons (Fsp3) is 0.389. The monoisotopic (exact) mass is 310 g/mol. The van der Waals surface area contributed by atoms with Crippen molar-refractivity contribution in [2.75, 3.05) is 33.2 Å². The average molecular weight is 310 g/mol. The summed E-state index contributed by atoms with van der Waals surface area (Å²) in [4.78, 5) is 25.9. The number of carbonyl (C=O) groups excluding carboxylic acids is 1. The van der Waals surface area contributed by atoms with E-state index in [0.29, 0.717) is 11.4 Å². The topological polar surface area (TPSA) is 49.3 Å². The molecule has 1 aliphatic heterocycles. The highest BCUT2D eigenvalue weighted by Crippen LogP contribution is 2.17. The van der Waals surface area contributed by atoms with Gasteiger partial charge in [0.2, 0.25) is 0 Å². The van der Waals surface area contributed by atoms with Gasteiger partial charge >= 0.3 is 0 Å². The van der Waals surface area contributed by atoms with Crippen LogP contribution in [0, 0.1) is 6.92 Å². The van der Waals surface area contributed by atoms with Crippen molar-refractivity contribution < 1.29 is 4.79 Å². The fourth-order valence-corrected chi connectivity index (χ4v) is 2.82. The van der Waals surface area contributed by atoms with Gasteiger partial charge in [-0.2, -0.15) is 0 Å². The van der Waals surface area contributed by atoms with Gasteiger partial charge in [0, 0.05) is 31.4 Å². The fourth-order valence-electron chi connectivity index (χ4n) is 2.82. The molecule has 1 aromatic carbocycles. The molecule has 0 bridgehead atoms. The molecule has 5 heteroatoms. The van der Waals surface area contributed by atoms with Gasteiger partial charge in [-0.15, -0.1) is 0 Å². The second kappa shape index (κ2) is 6.87. The van der Waals surface area contributed by atoms with Crippen molar-refractivity contribution in [3.63, 3.8) is 0 Å². The Morgan fingerprint density at radius 1 is 1.09 bits per heavy atom. The molecule has 0 aliphatic carbocycles. The molecule has 2 heterocycles. The van der Waals surface area contributed by atoms with E-state index in [1.807, 2.05) is 42.2 Å². The number of benzene rings is 1. The van der Waals surface area contributed by atoms with E-state index < -0.39 is 0 Å². The molecule has 1 fully saturated rings. The Hall–Kier alpha value is -2.27. The molecule has 1 saturated heterocycles. The summed E-state index contributed by atoms with van der Waals surface area (Å²) in [7, 11) is 2.09. The molecule has 0 radical (unpaired) electrons. The summed E-state index contributed by atoms with van der Waals surface area (Å²) < 4.78 is 0. The molecule has 1 aliphatic rings. The molecule has 5 nitrogen and oxygen atoms in total. The third-order valence-corrected chi connectivity index (χ3v) is 4.25. The molecule has 120 valence electrons. The van der Waals surface area contributed by atoms with Crippen molar-refractivity contribution in [3.05, 3.63) is 47.8 Å². The van der Waals surface area contributed by atoms with Crippen molar-refractivity contribution in [2.45, 2.75) is 13.3 Å². The SMILES string of the molecule is Cc1nc(-c2ccccc2)ncc1C(=O)N1CCCN(C)CC1. The van der Waals surface area contributed by atoms with Gasteiger partial charge in [0.15, 0.2) is 5.82 Å². The zero-order valence-corrected chi connectivity index (χ0v) is 13.7. The van der Waals surface area contributed by atoms with Crippen LogP contribution in [-0.4, -0.2) is 58.9 Å². The second-order valence-electron chi connectivity index (χ2n) is 6.01. The lowest BCUT2D eigenvalue weighted by molar-refractivity contribution is 0.0761. The lowest BCUT2D eigenvalue weighted by Gasteiger charge is -2.21. The number of likely N-dealkylation sites (N-methyl/N-ethyl adjacent to an activating group) is 1. The lowest BCUT2D eigenvalue weighted by Crippen LogP contribution is -2.35. The van der Waals surface area contributed by atoms with Gasteiger partial charge in [-0.25, -0.2) is 9.97 Å². The van der Waals surface area contributed by atoms with E-state index in [1.165, 1.54) is 0 Å². The van der Waals surface area contributed by atoms with Crippen LogP contribution in [0.15, 0.2) is 36.5 Å². The van der Waals surface area contributed by atoms with E-state index in [-0.39, 0.29) is 5.91 Å². The van der Waals surface area contributed by atoms with Crippen LogP contribution < -0.4 is 0 Å². The number of nitrogens with zero attached hydrogens (tertiary/aromatic N) is 4. The first-order valence-electron chi connectivity index (χ1n) is 8.02. The summed E-state index contributed by atoms with van der Waals surface area (Å²) in [6, 6.07) is 9.83. The average Bonchev–Trinajstić information content (AvgIpc) is 2.79. The van der Waals surface area contributed by atoms with Gasteiger partial charge in [-0.05, 0) is 26.9 Å². The van der Waals surface area contributed by atoms with Gasteiger partial charge in [-0.1, -0.05) is 30.3 Å². The minimum absolute atomic E-state index is 0.0393. The number of hydrogen-bond donors (Lipinski definition) is 0. The molecular weight excluding hydrogens is 288 g/mol. The van der Waals surface area contributed by atoms with Gasteiger partial charge in [0.1, 0.15) is 0 Å². The third-order valence-electron chi connectivity index (χ3n) is 4.25. The molecule has 1 amide bonds. The number of aryl methyl sites for hydroxylation is 1. The van der Waals surface area contributed by atoms with Crippen LogP contribution >= 0.6 is 0 Å². The predicted octanol–water partition coefficient (Wildman–Crippen LogP) is 2.23. The van der Waals surface area contributed by atoms with Crippen LogP contribution in [-0.2, 0) is 0 Å². The Morgan fingerprint density at radius 3 is 2.61 bits per heavy atom. The van der Waals surface area contributed by atoms with E-state index in [2.05, 4.69) is 21.9 Å². The lowest BCUT2D eigenvalue weighted by atomic mass is 10.1. The number of carbonyl (C=O) groups is 1. The predicted molar refractivity (Wildman–Crippen MR) is 90.2 cm³/mol. The quantitative estimate of drug-likeness (QED) is 0.853. The molecule has 0 N–H and O–H groups in total. The maximum absolute atomic E-state index is 12.8. The zero-order chi connectivity index (χ0) is 16.2. The maximum atomic E-state index is 12.8. The normalized spacial score (nSPS) is 16.2. The van der Waals surface area contributed by atoms with Crippen LogP contribution in [0.1, 0.15) is 22.5 Å². The summed E-state index contributed by atoms with van der Waals surface area (Å²) >= 11 is 0. The first-order valence-corrected chi connectivity index (χ1v) is 8.02. The molecule has 0 atom stereocenters. The largest absolute Gasteiger partial charge is 0.337 e. The zero-order valence-electron chi connectivity index (χ0n) is 13.7. The summed E-state index contributed by atoms with van der Waals surface area (Å²) in [6.45, 7) is 5.38. The van der Waals surface area contributed by atoms with E-state index in [4.69, 9.17) is 0 Å². The summed E-state index contributed by atoms with van der Waals surface area (Å²) in [5, 5.41) is 0.